The van der Waals surface area contributed by atoms with Gasteiger partial charge in [-0.2, -0.15) is 0 Å². The highest BCUT2D eigenvalue weighted by Gasteiger charge is 2.38. The summed E-state index contributed by atoms with van der Waals surface area (Å²) in [7, 11) is 0. The monoisotopic (exact) mass is 277 g/mol. The Morgan fingerprint density at radius 1 is 1.40 bits per heavy atom. The van der Waals surface area contributed by atoms with Gasteiger partial charge in [0.1, 0.15) is 0 Å². The van der Waals surface area contributed by atoms with Gasteiger partial charge in [-0.3, -0.25) is 9.59 Å². The highest BCUT2D eigenvalue weighted by molar-refractivity contribution is 5.96. The normalized spacial score (nSPS) is 21.7. The van der Waals surface area contributed by atoms with E-state index in [0.29, 0.717) is 18.6 Å². The largest absolute Gasteiger partial charge is 0.481 e. The topological polar surface area (TPSA) is 75.6 Å². The minimum atomic E-state index is -0.934. The molecule has 1 aromatic carbocycles. The molecule has 0 radical (unpaired) electrons. The van der Waals surface area contributed by atoms with E-state index in [4.69, 9.17) is 9.84 Å². The summed E-state index contributed by atoms with van der Waals surface area (Å²) in [5.74, 6) is -1.18. The predicted molar refractivity (Wildman–Crippen MR) is 73.8 cm³/mol. The van der Waals surface area contributed by atoms with Crippen LogP contribution in [-0.2, 0) is 9.53 Å². The van der Waals surface area contributed by atoms with Crippen molar-refractivity contribution in [1.82, 2.24) is 5.32 Å². The molecule has 20 heavy (non-hydrogen) atoms. The second-order valence-corrected chi connectivity index (χ2v) is 5.43. The van der Waals surface area contributed by atoms with Crippen LogP contribution in [0, 0.1) is 13.8 Å². The number of nitrogens with one attached hydrogen (secondary N) is 1. The van der Waals surface area contributed by atoms with Crippen LogP contribution < -0.4 is 5.32 Å². The maximum absolute atomic E-state index is 12.4. The maximum atomic E-state index is 12.4. The van der Waals surface area contributed by atoms with Crippen LogP contribution in [0.5, 0.6) is 0 Å². The van der Waals surface area contributed by atoms with E-state index >= 15 is 0 Å². The molecule has 1 unspecified atom stereocenters. The number of benzene rings is 1. The SMILES string of the molecule is Cc1ccc(C(=O)NC2(CC(=O)O)CCOC2)c(C)c1. The molecule has 1 fully saturated rings. The molecule has 1 aliphatic heterocycles. The molecule has 1 heterocycles. The fraction of sp³-hybridized carbons (Fsp3) is 0.467. The summed E-state index contributed by atoms with van der Waals surface area (Å²) < 4.78 is 5.27. The van der Waals surface area contributed by atoms with Crippen LogP contribution in [0.25, 0.3) is 0 Å². The Labute approximate surface area is 117 Å². The van der Waals surface area contributed by atoms with Crippen molar-refractivity contribution in [1.29, 1.82) is 0 Å². The van der Waals surface area contributed by atoms with Gasteiger partial charge >= 0.3 is 5.97 Å². The molecule has 2 rings (SSSR count). The summed E-state index contributed by atoms with van der Waals surface area (Å²) in [5, 5.41) is 11.9. The Kier molecular flexibility index (Phi) is 4.09. The van der Waals surface area contributed by atoms with Gasteiger partial charge in [0, 0.05) is 12.2 Å². The summed E-state index contributed by atoms with van der Waals surface area (Å²) in [4.78, 5) is 23.3. The summed E-state index contributed by atoms with van der Waals surface area (Å²) in [6, 6.07) is 5.57. The van der Waals surface area contributed by atoms with E-state index < -0.39 is 11.5 Å². The molecule has 5 nitrogen and oxygen atoms in total. The van der Waals surface area contributed by atoms with Gasteiger partial charge in [0.05, 0.1) is 18.6 Å². The number of aryl methyl sites for hydroxylation is 2. The Bertz CT molecular complexity index is 533. The van der Waals surface area contributed by atoms with Gasteiger partial charge in [-0.1, -0.05) is 17.7 Å². The third-order valence-corrected chi connectivity index (χ3v) is 3.60. The molecule has 0 aliphatic carbocycles. The van der Waals surface area contributed by atoms with Gasteiger partial charge in [0.2, 0.25) is 0 Å². The third kappa shape index (κ3) is 3.17. The fourth-order valence-corrected chi connectivity index (χ4v) is 2.56. The first-order valence-electron chi connectivity index (χ1n) is 6.61. The lowest BCUT2D eigenvalue weighted by atomic mass is 9.93. The van der Waals surface area contributed by atoms with Crippen LogP contribution in [0.15, 0.2) is 18.2 Å². The highest BCUT2D eigenvalue weighted by Crippen LogP contribution is 2.24. The van der Waals surface area contributed by atoms with E-state index in [1.807, 2.05) is 26.0 Å². The lowest BCUT2D eigenvalue weighted by molar-refractivity contribution is -0.138. The molecule has 1 aromatic rings. The quantitative estimate of drug-likeness (QED) is 0.877. The van der Waals surface area contributed by atoms with Gasteiger partial charge < -0.3 is 15.2 Å². The van der Waals surface area contributed by atoms with E-state index in [1.54, 1.807) is 6.07 Å². The van der Waals surface area contributed by atoms with Crippen LogP contribution >= 0.6 is 0 Å². The molecule has 1 saturated heterocycles. The van der Waals surface area contributed by atoms with Gasteiger partial charge in [-0.15, -0.1) is 0 Å². The summed E-state index contributed by atoms with van der Waals surface area (Å²) >= 11 is 0. The van der Waals surface area contributed by atoms with E-state index in [9.17, 15) is 9.59 Å². The number of hydrogen-bond acceptors (Lipinski definition) is 3. The number of hydrogen-bond donors (Lipinski definition) is 2. The summed E-state index contributed by atoms with van der Waals surface area (Å²) in [6.07, 6.45) is 0.402. The summed E-state index contributed by atoms with van der Waals surface area (Å²) in [5.41, 5.74) is 1.75. The number of carbonyl (C=O) groups excluding carboxylic acids is 1. The van der Waals surface area contributed by atoms with Crippen molar-refractivity contribution in [2.75, 3.05) is 13.2 Å². The van der Waals surface area contributed by atoms with Gasteiger partial charge in [0.25, 0.3) is 5.91 Å². The molecule has 0 aromatic heterocycles. The van der Waals surface area contributed by atoms with Crippen molar-refractivity contribution in [2.45, 2.75) is 32.2 Å². The zero-order chi connectivity index (χ0) is 14.8. The minimum Gasteiger partial charge on any atom is -0.481 e. The Balaban J connectivity index is 2.18. The number of carboxylic acids is 1. The van der Waals surface area contributed by atoms with E-state index in [0.717, 1.165) is 11.1 Å². The highest BCUT2D eigenvalue weighted by atomic mass is 16.5. The van der Waals surface area contributed by atoms with Gasteiger partial charge in [-0.25, -0.2) is 0 Å². The Hall–Kier alpha value is -1.88. The van der Waals surface area contributed by atoms with Crippen LogP contribution in [0.2, 0.25) is 0 Å². The van der Waals surface area contributed by atoms with Gasteiger partial charge in [0.15, 0.2) is 0 Å². The fourth-order valence-electron chi connectivity index (χ4n) is 2.56. The lowest BCUT2D eigenvalue weighted by Crippen LogP contribution is -2.50. The van der Waals surface area contributed by atoms with Crippen LogP contribution in [0.4, 0.5) is 0 Å². The molecule has 108 valence electrons. The van der Waals surface area contributed by atoms with E-state index in [1.165, 1.54) is 0 Å². The second kappa shape index (κ2) is 5.63. The number of amides is 1. The van der Waals surface area contributed by atoms with Crippen molar-refractivity contribution in [3.8, 4) is 0 Å². The molecule has 0 spiro atoms. The first-order chi connectivity index (χ1) is 9.42. The van der Waals surface area contributed by atoms with E-state index in [-0.39, 0.29) is 18.9 Å². The zero-order valence-electron chi connectivity index (χ0n) is 11.7. The molecule has 5 heteroatoms. The molecule has 1 atom stereocenters. The van der Waals surface area contributed by atoms with Crippen molar-refractivity contribution in [3.63, 3.8) is 0 Å². The van der Waals surface area contributed by atoms with Gasteiger partial charge in [-0.05, 0) is 31.9 Å². The smallest absolute Gasteiger partial charge is 0.305 e. The number of carbonyl (C=O) groups is 2. The summed E-state index contributed by atoms with van der Waals surface area (Å²) in [6.45, 7) is 4.55. The van der Waals surface area contributed by atoms with Crippen molar-refractivity contribution < 1.29 is 19.4 Å². The Morgan fingerprint density at radius 3 is 2.70 bits per heavy atom. The van der Waals surface area contributed by atoms with E-state index in [2.05, 4.69) is 5.32 Å². The zero-order valence-corrected chi connectivity index (χ0v) is 11.7. The Morgan fingerprint density at radius 2 is 2.15 bits per heavy atom. The maximum Gasteiger partial charge on any atom is 0.305 e. The molecule has 0 bridgehead atoms. The average molecular weight is 277 g/mol. The molecular formula is C15H19NO4. The van der Waals surface area contributed by atoms with Crippen LogP contribution in [-0.4, -0.2) is 35.7 Å². The third-order valence-electron chi connectivity index (χ3n) is 3.60. The lowest BCUT2D eigenvalue weighted by Gasteiger charge is -2.27. The average Bonchev–Trinajstić information content (AvgIpc) is 2.75. The molecule has 1 amide bonds. The van der Waals surface area contributed by atoms with Crippen LogP contribution in [0.3, 0.4) is 0 Å². The predicted octanol–water partition coefficient (Wildman–Crippen LogP) is 1.67. The molecule has 1 aliphatic rings. The first kappa shape index (κ1) is 14.5. The minimum absolute atomic E-state index is 0.121. The van der Waals surface area contributed by atoms with Crippen molar-refractivity contribution in [2.24, 2.45) is 0 Å². The first-order valence-corrected chi connectivity index (χ1v) is 6.61. The number of rotatable bonds is 4. The number of carboxylic acid groups (broad SMARTS) is 1. The molecular weight excluding hydrogens is 258 g/mol. The second-order valence-electron chi connectivity index (χ2n) is 5.43. The van der Waals surface area contributed by atoms with Crippen LogP contribution in [0.1, 0.15) is 34.3 Å². The molecule has 2 N–H and O–H groups in total. The number of ether oxygens (including phenoxy) is 1. The van der Waals surface area contributed by atoms with Crippen molar-refractivity contribution >= 4 is 11.9 Å². The number of aliphatic carboxylic acids is 1. The van der Waals surface area contributed by atoms with Crippen molar-refractivity contribution in [3.05, 3.63) is 34.9 Å². The molecule has 0 saturated carbocycles. The standard InChI is InChI=1S/C15H19NO4/c1-10-3-4-12(11(2)7-10)14(19)16-15(8-13(17)18)5-6-20-9-15/h3-4,7H,5-6,8-9H2,1-2H3,(H,16,19)(H,17,18).